The summed E-state index contributed by atoms with van der Waals surface area (Å²) in [6, 6.07) is 3.69. The largest absolute Gasteiger partial charge is 0.491 e. The van der Waals surface area contributed by atoms with E-state index in [-0.39, 0.29) is 12.2 Å². The molecule has 1 fully saturated rings. The lowest BCUT2D eigenvalue weighted by Gasteiger charge is -2.28. The van der Waals surface area contributed by atoms with Crippen LogP contribution in [0.3, 0.4) is 0 Å². The highest BCUT2D eigenvalue weighted by atomic mass is 32.1. The average Bonchev–Trinajstić information content (AvgIpc) is 3.49. The lowest BCUT2D eigenvalue weighted by atomic mass is 10.2. The topological polar surface area (TPSA) is 149 Å². The number of aromatic nitrogens is 3. The van der Waals surface area contributed by atoms with Crippen LogP contribution in [0.1, 0.15) is 15.4 Å². The Kier molecular flexibility index (Phi) is 7.05. The van der Waals surface area contributed by atoms with Gasteiger partial charge in [-0.2, -0.15) is 4.99 Å². The van der Waals surface area contributed by atoms with E-state index in [9.17, 15) is 9.90 Å². The van der Waals surface area contributed by atoms with Crippen LogP contribution in [0.5, 0.6) is 11.5 Å². The maximum Gasteiger partial charge on any atom is 0.292 e. The van der Waals surface area contributed by atoms with Crippen LogP contribution < -0.4 is 26.1 Å². The minimum atomic E-state index is -0.674. The van der Waals surface area contributed by atoms with Gasteiger partial charge in [0, 0.05) is 38.1 Å². The minimum Gasteiger partial charge on any atom is -0.491 e. The molecule has 1 amide bonds. The number of β-amino-alcohol motifs (C(OH)–C–C–N with tert-alkyl or cyclic N) is 1. The number of anilines is 2. The van der Waals surface area contributed by atoms with Crippen molar-refractivity contribution in [3.63, 3.8) is 0 Å². The van der Waals surface area contributed by atoms with Crippen molar-refractivity contribution in [3.05, 3.63) is 28.3 Å². The van der Waals surface area contributed by atoms with E-state index < -0.39 is 12.0 Å². The predicted octanol–water partition coefficient (Wildman–Crippen LogP) is 0.631. The second kappa shape index (κ2) is 10.4. The van der Waals surface area contributed by atoms with Gasteiger partial charge in [-0.15, -0.1) is 0 Å². The van der Waals surface area contributed by atoms with Gasteiger partial charge in [0.05, 0.1) is 26.0 Å². The Hall–Kier alpha value is -3.26. The molecule has 1 saturated heterocycles. The molecule has 4 heterocycles. The maximum absolute atomic E-state index is 12.9. The first-order valence-electron chi connectivity index (χ1n) is 11.7. The number of aryl methyl sites for hydroxylation is 1. The van der Waals surface area contributed by atoms with Crippen molar-refractivity contribution >= 4 is 39.1 Å². The molecule has 0 bridgehead atoms. The van der Waals surface area contributed by atoms with E-state index in [4.69, 9.17) is 24.9 Å². The number of carbonyl (C=O) groups excluding carboxylic acids is 1. The smallest absolute Gasteiger partial charge is 0.292 e. The number of nitrogens with zero attached hydrogens (tertiary/aromatic N) is 5. The van der Waals surface area contributed by atoms with E-state index in [2.05, 4.69) is 20.2 Å². The molecule has 0 radical (unpaired) electrons. The molecule has 1 aromatic carbocycles. The van der Waals surface area contributed by atoms with Gasteiger partial charge in [-0.05, 0) is 19.1 Å². The number of hydrogen-bond acceptors (Lipinski definition) is 11. The van der Waals surface area contributed by atoms with Crippen molar-refractivity contribution in [2.24, 2.45) is 4.99 Å². The molecule has 2 aromatic heterocycles. The number of thiazole rings is 1. The van der Waals surface area contributed by atoms with Crippen LogP contribution in [-0.4, -0.2) is 89.7 Å². The Morgan fingerprint density at radius 2 is 2.14 bits per heavy atom. The standard InChI is InChI=1S/C23H29N7O5S/c1-13-19(36-22(24)26-13)21(32)28-23-27-17-15(20-25-5-6-30(20)23)3-4-16(18(17)33-2)35-12-14(31)11-29-7-9-34-10-8-29/h3-4,14,25,31H,5-12H2,1-2H3,(H2,24,26). The van der Waals surface area contributed by atoms with E-state index in [1.54, 1.807) is 13.0 Å². The van der Waals surface area contributed by atoms with Crippen molar-refractivity contribution in [3.8, 4) is 11.5 Å². The number of nitrogens with two attached hydrogens (primary N) is 1. The van der Waals surface area contributed by atoms with Crippen molar-refractivity contribution < 1.29 is 24.1 Å². The molecular weight excluding hydrogens is 486 g/mol. The first-order chi connectivity index (χ1) is 17.4. The highest BCUT2D eigenvalue weighted by Gasteiger charge is 2.22. The van der Waals surface area contributed by atoms with Gasteiger partial charge in [0.2, 0.25) is 5.62 Å². The molecule has 0 spiro atoms. The number of aliphatic hydroxyl groups is 1. The maximum atomic E-state index is 12.9. The number of nitrogens with one attached hydrogen (secondary N) is 1. The van der Waals surface area contributed by atoms with Gasteiger partial charge in [-0.1, -0.05) is 11.3 Å². The average molecular weight is 516 g/mol. The van der Waals surface area contributed by atoms with E-state index in [1.807, 2.05) is 10.6 Å². The normalized spacial score (nSPS) is 17.1. The number of amides is 1. The summed E-state index contributed by atoms with van der Waals surface area (Å²) in [7, 11) is 1.53. The molecule has 13 heteroatoms. The third-order valence-corrected chi connectivity index (χ3v) is 7.09. The van der Waals surface area contributed by atoms with Crippen molar-refractivity contribution in [2.75, 3.05) is 64.2 Å². The number of aliphatic hydroxyl groups excluding tert-OH is 1. The first kappa shape index (κ1) is 24.4. The van der Waals surface area contributed by atoms with Crippen LogP contribution in [0.4, 0.5) is 10.9 Å². The van der Waals surface area contributed by atoms with Crippen LogP contribution in [0, 0.1) is 6.92 Å². The number of carbonyl (C=O) groups is 1. The van der Waals surface area contributed by atoms with Crippen LogP contribution >= 0.6 is 11.3 Å². The van der Waals surface area contributed by atoms with E-state index >= 15 is 0 Å². The number of hydrogen-bond donors (Lipinski definition) is 3. The minimum absolute atomic E-state index is 0.0962. The molecule has 0 saturated carbocycles. The van der Waals surface area contributed by atoms with Crippen molar-refractivity contribution in [2.45, 2.75) is 19.6 Å². The molecule has 36 heavy (non-hydrogen) atoms. The monoisotopic (exact) mass is 515 g/mol. The van der Waals surface area contributed by atoms with Crippen LogP contribution in [0.25, 0.3) is 10.9 Å². The van der Waals surface area contributed by atoms with Gasteiger partial charge in [0.1, 0.15) is 28.9 Å². The Morgan fingerprint density at radius 1 is 1.33 bits per heavy atom. The summed E-state index contributed by atoms with van der Waals surface area (Å²) in [4.78, 5) is 28.6. The number of methoxy groups -OCH3 is 1. The molecule has 12 nitrogen and oxygen atoms in total. The molecule has 2 aliphatic heterocycles. The summed E-state index contributed by atoms with van der Waals surface area (Å²) in [5.74, 6) is 1.20. The van der Waals surface area contributed by atoms with Crippen LogP contribution in [0.2, 0.25) is 0 Å². The Labute approximate surface area is 211 Å². The highest BCUT2D eigenvalue weighted by molar-refractivity contribution is 7.17. The number of fused-ring (bicyclic) bond motifs is 3. The van der Waals surface area contributed by atoms with Crippen LogP contribution in [0.15, 0.2) is 17.1 Å². The van der Waals surface area contributed by atoms with Gasteiger partial charge >= 0.3 is 0 Å². The lowest BCUT2D eigenvalue weighted by molar-refractivity contribution is 0.00447. The molecule has 3 aromatic rings. The van der Waals surface area contributed by atoms with Gasteiger partial charge in [-0.25, -0.2) is 9.97 Å². The number of benzene rings is 1. The zero-order valence-electron chi connectivity index (χ0n) is 20.2. The number of morpholine rings is 1. The Bertz CT molecular complexity index is 1350. The van der Waals surface area contributed by atoms with Gasteiger partial charge in [-0.3, -0.25) is 14.3 Å². The number of rotatable bonds is 7. The third-order valence-electron chi connectivity index (χ3n) is 6.12. The molecule has 192 valence electrons. The molecule has 2 aliphatic rings. The van der Waals surface area contributed by atoms with Crippen molar-refractivity contribution in [1.29, 1.82) is 0 Å². The third kappa shape index (κ3) is 4.87. The van der Waals surface area contributed by atoms with Crippen molar-refractivity contribution in [1.82, 2.24) is 19.4 Å². The quantitative estimate of drug-likeness (QED) is 0.409. The van der Waals surface area contributed by atoms with Gasteiger partial charge < -0.3 is 30.4 Å². The zero-order chi connectivity index (χ0) is 25.2. The SMILES string of the molecule is COc1c(OCC(O)CN2CCOCC2)ccc2c3n(c(=NC(=O)c4sc(N)nc4C)nc12)CCN3. The molecule has 1 unspecified atom stereocenters. The molecule has 5 rings (SSSR count). The zero-order valence-corrected chi connectivity index (χ0v) is 21.0. The van der Waals surface area contributed by atoms with E-state index in [0.29, 0.717) is 65.6 Å². The van der Waals surface area contributed by atoms with E-state index in [0.717, 1.165) is 35.6 Å². The van der Waals surface area contributed by atoms with Gasteiger partial charge in [0.15, 0.2) is 16.6 Å². The number of ether oxygens (including phenoxy) is 3. The Balaban J connectivity index is 1.47. The summed E-state index contributed by atoms with van der Waals surface area (Å²) < 4.78 is 18.9. The number of nitrogen functional groups attached to an aromatic ring is 1. The molecule has 4 N–H and O–H groups in total. The van der Waals surface area contributed by atoms with E-state index in [1.165, 1.54) is 7.11 Å². The summed E-state index contributed by atoms with van der Waals surface area (Å²) in [5.41, 5.74) is 7.05. The molecular formula is C23H29N7O5S. The summed E-state index contributed by atoms with van der Waals surface area (Å²) >= 11 is 1.10. The molecule has 1 atom stereocenters. The predicted molar refractivity (Wildman–Crippen MR) is 135 cm³/mol. The second-order valence-corrected chi connectivity index (χ2v) is 9.62. The fraction of sp³-hybridized carbons (Fsp3) is 0.478. The Morgan fingerprint density at radius 3 is 2.86 bits per heavy atom. The molecule has 0 aliphatic carbocycles. The lowest BCUT2D eigenvalue weighted by Crippen LogP contribution is -2.42. The summed E-state index contributed by atoms with van der Waals surface area (Å²) in [5, 5.41) is 15.0. The fourth-order valence-corrected chi connectivity index (χ4v) is 5.14. The highest BCUT2D eigenvalue weighted by Crippen LogP contribution is 2.37. The fourth-order valence-electron chi connectivity index (χ4n) is 4.42. The van der Waals surface area contributed by atoms with Gasteiger partial charge in [0.25, 0.3) is 5.91 Å². The second-order valence-electron chi connectivity index (χ2n) is 8.59. The summed E-state index contributed by atoms with van der Waals surface area (Å²) in [6.45, 7) is 6.52. The van der Waals surface area contributed by atoms with Crippen LogP contribution in [-0.2, 0) is 11.3 Å². The first-order valence-corrected chi connectivity index (χ1v) is 12.5. The summed E-state index contributed by atoms with van der Waals surface area (Å²) in [6.07, 6.45) is -0.674.